The highest BCUT2D eigenvalue weighted by atomic mass is 35.5. The van der Waals surface area contributed by atoms with Crippen molar-refractivity contribution in [1.82, 2.24) is 15.0 Å². The number of hydrogen-bond donors (Lipinski definition) is 1. The molecular weight excluding hydrogens is 404 g/mol. The number of carbonyl (C=O) groups excluding carboxylic acids is 1. The predicted molar refractivity (Wildman–Crippen MR) is 116 cm³/mol. The van der Waals surface area contributed by atoms with Gasteiger partial charge in [-0.2, -0.15) is 4.80 Å². The molecule has 0 aliphatic rings. The van der Waals surface area contributed by atoms with Gasteiger partial charge in [0, 0.05) is 10.7 Å². The first-order valence-corrected chi connectivity index (χ1v) is 9.54. The lowest BCUT2D eigenvalue weighted by Crippen LogP contribution is -2.15. The minimum Gasteiger partial charge on any atom is -0.496 e. The molecule has 0 radical (unpaired) electrons. The Morgan fingerprint density at radius 3 is 2.17 bits per heavy atom. The largest absolute Gasteiger partial charge is 0.496 e. The molecule has 0 fully saturated rings. The van der Waals surface area contributed by atoms with Gasteiger partial charge < -0.3 is 14.8 Å². The fraction of sp³-hybridized carbons (Fsp3) is 0.136. The normalized spacial score (nSPS) is 10.8. The van der Waals surface area contributed by atoms with Gasteiger partial charge in [0.25, 0.3) is 5.91 Å². The van der Waals surface area contributed by atoms with E-state index in [9.17, 15) is 4.79 Å². The summed E-state index contributed by atoms with van der Waals surface area (Å²) in [4.78, 5) is 14.5. The van der Waals surface area contributed by atoms with Crippen molar-refractivity contribution in [2.45, 2.75) is 6.92 Å². The number of hydrogen-bond acceptors (Lipinski definition) is 5. The third-order valence-electron chi connectivity index (χ3n) is 4.69. The highest BCUT2D eigenvalue weighted by Crippen LogP contribution is 2.30. The fourth-order valence-electron chi connectivity index (χ4n) is 3.15. The number of anilines is 1. The Kier molecular flexibility index (Phi) is 5.29. The Morgan fingerprint density at radius 2 is 1.57 bits per heavy atom. The van der Waals surface area contributed by atoms with E-state index < -0.39 is 0 Å². The number of amides is 1. The Balaban J connectivity index is 1.69. The van der Waals surface area contributed by atoms with Gasteiger partial charge in [-0.3, -0.25) is 4.79 Å². The number of benzene rings is 3. The van der Waals surface area contributed by atoms with Crippen molar-refractivity contribution >= 4 is 34.2 Å². The Hall–Kier alpha value is -3.58. The number of halogens is 1. The average molecular weight is 423 g/mol. The van der Waals surface area contributed by atoms with Gasteiger partial charge in [-0.25, -0.2) is 0 Å². The molecule has 0 aliphatic carbocycles. The lowest BCUT2D eigenvalue weighted by Gasteiger charge is -2.14. The van der Waals surface area contributed by atoms with Crippen molar-refractivity contribution in [1.29, 1.82) is 0 Å². The summed E-state index contributed by atoms with van der Waals surface area (Å²) in [6, 6.07) is 16.1. The van der Waals surface area contributed by atoms with E-state index in [2.05, 4.69) is 15.5 Å². The van der Waals surface area contributed by atoms with Crippen LogP contribution in [0.25, 0.3) is 16.7 Å². The van der Waals surface area contributed by atoms with Crippen LogP contribution < -0.4 is 14.8 Å². The number of rotatable bonds is 5. The third kappa shape index (κ3) is 3.67. The predicted octanol–water partition coefficient (Wildman–Crippen LogP) is 4.65. The lowest BCUT2D eigenvalue weighted by molar-refractivity contribution is 0.102. The zero-order valence-electron chi connectivity index (χ0n) is 16.6. The number of nitrogens with zero attached hydrogens (tertiary/aromatic N) is 3. The number of aromatic nitrogens is 3. The summed E-state index contributed by atoms with van der Waals surface area (Å²) in [6.07, 6.45) is 0. The molecular formula is C22H19ClN4O3. The van der Waals surface area contributed by atoms with Crippen molar-refractivity contribution < 1.29 is 14.3 Å². The lowest BCUT2D eigenvalue weighted by atomic mass is 10.1. The summed E-state index contributed by atoms with van der Waals surface area (Å²) in [5.74, 6) is 0.523. The van der Waals surface area contributed by atoms with Gasteiger partial charge in [0.1, 0.15) is 28.1 Å². The van der Waals surface area contributed by atoms with E-state index in [-0.39, 0.29) is 5.91 Å². The van der Waals surface area contributed by atoms with E-state index in [1.54, 1.807) is 36.4 Å². The molecule has 0 spiro atoms. The van der Waals surface area contributed by atoms with Gasteiger partial charge in [-0.05, 0) is 61.0 Å². The monoisotopic (exact) mass is 422 g/mol. The van der Waals surface area contributed by atoms with Crippen molar-refractivity contribution in [2.75, 3.05) is 19.5 Å². The van der Waals surface area contributed by atoms with Crippen LogP contribution in [0.5, 0.6) is 11.5 Å². The molecule has 0 atom stereocenters. The molecule has 0 bridgehead atoms. The number of methoxy groups -OCH3 is 2. The second kappa shape index (κ2) is 8.04. The van der Waals surface area contributed by atoms with Gasteiger partial charge in [-0.1, -0.05) is 17.7 Å². The molecule has 152 valence electrons. The van der Waals surface area contributed by atoms with Crippen LogP contribution in [0, 0.1) is 6.92 Å². The maximum Gasteiger partial charge on any atom is 0.263 e. The van der Waals surface area contributed by atoms with Crippen LogP contribution in [0.1, 0.15) is 15.9 Å². The van der Waals surface area contributed by atoms with Crippen molar-refractivity contribution in [3.05, 3.63) is 70.7 Å². The van der Waals surface area contributed by atoms with E-state index in [1.807, 2.05) is 25.1 Å². The zero-order valence-corrected chi connectivity index (χ0v) is 17.4. The summed E-state index contributed by atoms with van der Waals surface area (Å²) in [5.41, 5.74) is 3.97. The second-order valence-corrected chi connectivity index (χ2v) is 7.05. The van der Waals surface area contributed by atoms with Gasteiger partial charge in [0.05, 0.1) is 19.9 Å². The molecule has 7 nitrogen and oxygen atoms in total. The topological polar surface area (TPSA) is 78.3 Å². The molecule has 1 heterocycles. The molecule has 0 saturated carbocycles. The van der Waals surface area contributed by atoms with Crippen LogP contribution in [0.3, 0.4) is 0 Å². The number of nitrogens with one attached hydrogen (secondary N) is 1. The van der Waals surface area contributed by atoms with Crippen molar-refractivity contribution in [3.63, 3.8) is 0 Å². The average Bonchev–Trinajstić information content (AvgIpc) is 3.16. The van der Waals surface area contributed by atoms with Crippen LogP contribution >= 0.6 is 11.6 Å². The quantitative estimate of drug-likeness (QED) is 0.506. The first-order valence-electron chi connectivity index (χ1n) is 9.16. The van der Waals surface area contributed by atoms with Crippen LogP contribution in [-0.4, -0.2) is 35.1 Å². The number of carbonyl (C=O) groups is 1. The molecule has 3 aromatic carbocycles. The standard InChI is InChI=1S/C22H19ClN4O3/c1-13-11-17-18(26-27(25-17)15-9-7-14(23)8-10-15)12-16(13)24-22(28)21-19(29-2)5-4-6-20(21)30-3/h4-12H,1-3H3,(H,24,28). The SMILES string of the molecule is COc1cccc(OC)c1C(=O)Nc1cc2nn(-c3ccc(Cl)cc3)nc2cc1C. The molecule has 0 unspecified atom stereocenters. The van der Waals surface area contributed by atoms with Gasteiger partial charge in [0.2, 0.25) is 0 Å². The van der Waals surface area contributed by atoms with Crippen molar-refractivity contribution in [2.24, 2.45) is 0 Å². The number of fused-ring (bicyclic) bond motifs is 1. The van der Waals surface area contributed by atoms with E-state index >= 15 is 0 Å². The van der Waals surface area contributed by atoms with Gasteiger partial charge >= 0.3 is 0 Å². The van der Waals surface area contributed by atoms with E-state index in [4.69, 9.17) is 21.1 Å². The number of ether oxygens (including phenoxy) is 2. The fourth-order valence-corrected chi connectivity index (χ4v) is 3.28. The first-order chi connectivity index (χ1) is 14.5. The molecule has 4 aromatic rings. The molecule has 30 heavy (non-hydrogen) atoms. The molecule has 1 aromatic heterocycles. The van der Waals surface area contributed by atoms with Crippen LogP contribution in [0.15, 0.2) is 54.6 Å². The smallest absolute Gasteiger partial charge is 0.263 e. The van der Waals surface area contributed by atoms with Crippen molar-refractivity contribution in [3.8, 4) is 17.2 Å². The highest BCUT2D eigenvalue weighted by Gasteiger charge is 2.19. The Labute approximate surface area is 178 Å². The first kappa shape index (κ1) is 19.7. The molecule has 1 N–H and O–H groups in total. The van der Waals surface area contributed by atoms with E-state index in [1.165, 1.54) is 19.0 Å². The summed E-state index contributed by atoms with van der Waals surface area (Å²) < 4.78 is 10.7. The van der Waals surface area contributed by atoms with E-state index in [0.29, 0.717) is 33.3 Å². The highest BCUT2D eigenvalue weighted by molar-refractivity contribution is 6.30. The minimum absolute atomic E-state index is 0.326. The van der Waals surface area contributed by atoms with Crippen LogP contribution in [0.4, 0.5) is 5.69 Å². The van der Waals surface area contributed by atoms with Gasteiger partial charge in [0.15, 0.2) is 0 Å². The summed E-state index contributed by atoms with van der Waals surface area (Å²) in [5, 5.41) is 12.6. The molecule has 4 rings (SSSR count). The van der Waals surface area contributed by atoms with E-state index in [0.717, 1.165) is 16.8 Å². The zero-order chi connectivity index (χ0) is 21.3. The summed E-state index contributed by atoms with van der Waals surface area (Å²) >= 11 is 5.95. The molecule has 1 amide bonds. The minimum atomic E-state index is -0.336. The Morgan fingerprint density at radius 1 is 0.967 bits per heavy atom. The molecule has 0 aliphatic heterocycles. The third-order valence-corrected chi connectivity index (χ3v) is 4.94. The second-order valence-electron chi connectivity index (χ2n) is 6.61. The van der Waals surface area contributed by atoms with Crippen LogP contribution in [0.2, 0.25) is 5.02 Å². The van der Waals surface area contributed by atoms with Gasteiger partial charge in [-0.15, -0.1) is 10.2 Å². The molecule has 0 saturated heterocycles. The summed E-state index contributed by atoms with van der Waals surface area (Å²) in [7, 11) is 3.02. The maximum absolute atomic E-state index is 13.0. The molecule has 8 heteroatoms. The van der Waals surface area contributed by atoms with Crippen LogP contribution in [-0.2, 0) is 0 Å². The summed E-state index contributed by atoms with van der Waals surface area (Å²) in [6.45, 7) is 1.90. The maximum atomic E-state index is 13.0. The Bertz CT molecular complexity index is 1210. The number of aryl methyl sites for hydroxylation is 1.